The minimum Gasteiger partial charge on any atom is -0.268 e. The summed E-state index contributed by atoms with van der Waals surface area (Å²) in [6.45, 7) is 0. The number of pyridine rings is 1. The third-order valence-electron chi connectivity index (χ3n) is 4.51. The number of nitrogens with zero attached hydrogens (tertiary/aromatic N) is 5. The van der Waals surface area contributed by atoms with E-state index in [-0.39, 0.29) is 5.56 Å². The Balaban J connectivity index is 2.01. The Morgan fingerprint density at radius 3 is 2.46 bits per heavy atom. The van der Waals surface area contributed by atoms with Gasteiger partial charge in [-0.3, -0.25) is 4.68 Å². The molecule has 0 N–H and O–H groups in total. The number of fused-ring (bicyclic) bond motifs is 1. The molecule has 0 radical (unpaired) electrons. The molecule has 4 rings (SSSR count). The first-order valence-corrected chi connectivity index (χ1v) is 9.32. The van der Waals surface area contributed by atoms with Crippen LogP contribution >= 0.6 is 22.6 Å². The molecule has 0 saturated carbocycles. The van der Waals surface area contributed by atoms with Crippen LogP contribution in [0.15, 0.2) is 48.7 Å². The van der Waals surface area contributed by atoms with Gasteiger partial charge in [0.15, 0.2) is 0 Å². The Hall–Kier alpha value is -3.30. The third-order valence-corrected chi connectivity index (χ3v) is 5.06. The fourth-order valence-electron chi connectivity index (χ4n) is 3.18. The van der Waals surface area contributed by atoms with Crippen molar-refractivity contribution in [3.8, 4) is 34.5 Å². The van der Waals surface area contributed by atoms with E-state index in [0.717, 1.165) is 16.5 Å². The van der Waals surface area contributed by atoms with Crippen molar-refractivity contribution in [1.29, 1.82) is 10.5 Å². The lowest BCUT2D eigenvalue weighted by Gasteiger charge is -2.13. The number of benzene rings is 2. The minimum absolute atomic E-state index is 0.0341. The van der Waals surface area contributed by atoms with E-state index in [2.05, 4.69) is 16.2 Å². The van der Waals surface area contributed by atoms with Gasteiger partial charge in [0, 0.05) is 23.6 Å². The molecule has 2 heterocycles. The van der Waals surface area contributed by atoms with Crippen molar-refractivity contribution in [3.63, 3.8) is 0 Å². The number of nitriles is 2. The van der Waals surface area contributed by atoms with Gasteiger partial charge in [-0.15, -0.1) is 0 Å². The van der Waals surface area contributed by atoms with Gasteiger partial charge in [-0.1, -0.05) is 12.1 Å². The maximum atomic E-state index is 14.2. The van der Waals surface area contributed by atoms with Gasteiger partial charge in [0.25, 0.3) is 0 Å². The molecule has 2 aromatic heterocycles. The first kappa shape index (κ1) is 18.1. The van der Waals surface area contributed by atoms with Gasteiger partial charge in [0.1, 0.15) is 15.6 Å². The zero-order valence-corrected chi connectivity index (χ0v) is 16.8. The predicted octanol–water partition coefficient (Wildman–Crippen LogP) is 4.79. The van der Waals surface area contributed by atoms with Crippen LogP contribution in [0.2, 0.25) is 0 Å². The molecular weight excluding hydrogens is 468 g/mol. The van der Waals surface area contributed by atoms with Gasteiger partial charge >= 0.3 is 0 Å². The van der Waals surface area contributed by atoms with Crippen LogP contribution in [-0.4, -0.2) is 14.8 Å². The van der Waals surface area contributed by atoms with Gasteiger partial charge < -0.3 is 0 Å². The lowest BCUT2D eigenvalue weighted by atomic mass is 9.94. The summed E-state index contributed by atoms with van der Waals surface area (Å²) in [5.74, 6) is -0.618. The molecule has 5 nitrogen and oxygen atoms in total. The monoisotopic (exact) mass is 479 g/mol. The summed E-state index contributed by atoms with van der Waals surface area (Å²) in [4.78, 5) is 4.58. The molecular formula is C21H11FIN5. The Labute approximate surface area is 173 Å². The summed E-state index contributed by atoms with van der Waals surface area (Å²) in [6.07, 6.45) is 1.76. The van der Waals surface area contributed by atoms with E-state index in [1.807, 2.05) is 53.9 Å². The molecule has 0 aliphatic carbocycles. The van der Waals surface area contributed by atoms with Crippen LogP contribution in [0.3, 0.4) is 0 Å². The van der Waals surface area contributed by atoms with E-state index in [1.54, 1.807) is 23.0 Å². The molecule has 0 aliphatic heterocycles. The summed E-state index contributed by atoms with van der Waals surface area (Å²) in [7, 11) is 1.86. The summed E-state index contributed by atoms with van der Waals surface area (Å²) in [5, 5.41) is 23.9. The average molecular weight is 479 g/mol. The van der Waals surface area contributed by atoms with Crippen LogP contribution in [0, 0.1) is 32.2 Å². The molecule has 134 valence electrons. The van der Waals surface area contributed by atoms with Crippen molar-refractivity contribution in [2.45, 2.75) is 0 Å². The molecule has 0 amide bonds. The first-order valence-electron chi connectivity index (χ1n) is 8.24. The fourth-order valence-corrected chi connectivity index (χ4v) is 3.73. The molecule has 0 fully saturated rings. The number of halogens is 2. The smallest absolute Gasteiger partial charge is 0.141 e. The van der Waals surface area contributed by atoms with Crippen molar-refractivity contribution in [2.75, 3.05) is 0 Å². The first-order chi connectivity index (χ1) is 13.5. The zero-order chi connectivity index (χ0) is 19.8. The molecule has 2 aromatic carbocycles. The molecule has 28 heavy (non-hydrogen) atoms. The number of hydrogen-bond donors (Lipinski definition) is 0. The Bertz CT molecular complexity index is 1330. The van der Waals surface area contributed by atoms with Crippen LogP contribution in [0.5, 0.6) is 0 Å². The van der Waals surface area contributed by atoms with Crippen LogP contribution in [0.4, 0.5) is 4.39 Å². The number of rotatable bonds is 2. The van der Waals surface area contributed by atoms with Crippen molar-refractivity contribution in [1.82, 2.24) is 14.8 Å². The standard InChI is InChI=1S/C21H11FIN5/c1-28-18-5-4-12(6-16(18)11-26-28)20-15(10-25)8-19(23)27-21(20)13-2-3-14(9-24)17(22)7-13/h2-8,11H,1H3. The lowest BCUT2D eigenvalue weighted by Crippen LogP contribution is -1.97. The highest BCUT2D eigenvalue weighted by Crippen LogP contribution is 2.36. The highest BCUT2D eigenvalue weighted by atomic mass is 127. The highest BCUT2D eigenvalue weighted by molar-refractivity contribution is 14.1. The Morgan fingerprint density at radius 2 is 1.75 bits per heavy atom. The molecule has 0 atom stereocenters. The van der Waals surface area contributed by atoms with E-state index in [0.29, 0.717) is 26.1 Å². The van der Waals surface area contributed by atoms with Crippen LogP contribution in [0.1, 0.15) is 11.1 Å². The van der Waals surface area contributed by atoms with Crippen LogP contribution in [-0.2, 0) is 7.05 Å². The van der Waals surface area contributed by atoms with E-state index in [4.69, 9.17) is 5.26 Å². The van der Waals surface area contributed by atoms with Gasteiger partial charge in [-0.25, -0.2) is 9.37 Å². The average Bonchev–Trinajstić information content (AvgIpc) is 3.07. The summed E-state index contributed by atoms with van der Waals surface area (Å²) in [5.41, 5.74) is 3.80. The SMILES string of the molecule is Cn1ncc2cc(-c3c(C#N)cc(I)nc3-c3ccc(C#N)c(F)c3)ccc21. The minimum atomic E-state index is -0.618. The number of hydrogen-bond acceptors (Lipinski definition) is 4. The second-order valence-electron chi connectivity index (χ2n) is 6.18. The second-order valence-corrected chi connectivity index (χ2v) is 7.28. The molecule has 4 aromatic rings. The maximum absolute atomic E-state index is 14.2. The summed E-state index contributed by atoms with van der Waals surface area (Å²) >= 11 is 2.04. The largest absolute Gasteiger partial charge is 0.268 e. The van der Waals surface area contributed by atoms with Crippen molar-refractivity contribution < 1.29 is 4.39 Å². The van der Waals surface area contributed by atoms with Crippen LogP contribution < -0.4 is 0 Å². The predicted molar refractivity (Wildman–Crippen MR) is 111 cm³/mol. The highest BCUT2D eigenvalue weighted by Gasteiger charge is 2.18. The summed E-state index contributed by atoms with van der Waals surface area (Å²) < 4.78 is 16.6. The molecule has 0 aliphatic rings. The summed E-state index contributed by atoms with van der Waals surface area (Å²) in [6, 6.07) is 15.9. The normalized spacial score (nSPS) is 10.6. The van der Waals surface area contributed by atoms with Gasteiger partial charge in [0.05, 0.1) is 34.6 Å². The van der Waals surface area contributed by atoms with E-state index >= 15 is 0 Å². The van der Waals surface area contributed by atoms with Gasteiger partial charge in [-0.2, -0.15) is 15.6 Å². The number of aromatic nitrogens is 3. The van der Waals surface area contributed by atoms with E-state index in [1.165, 1.54) is 12.1 Å². The zero-order valence-electron chi connectivity index (χ0n) is 14.6. The molecule has 7 heteroatoms. The molecule has 0 saturated heterocycles. The Morgan fingerprint density at radius 1 is 1.00 bits per heavy atom. The maximum Gasteiger partial charge on any atom is 0.141 e. The van der Waals surface area contributed by atoms with Crippen molar-refractivity contribution in [2.24, 2.45) is 7.05 Å². The van der Waals surface area contributed by atoms with Gasteiger partial charge in [0.2, 0.25) is 0 Å². The van der Waals surface area contributed by atoms with Crippen LogP contribution in [0.25, 0.3) is 33.3 Å². The topological polar surface area (TPSA) is 78.3 Å². The molecule has 0 unspecified atom stereocenters. The second kappa shape index (κ2) is 7.02. The van der Waals surface area contributed by atoms with Crippen molar-refractivity contribution in [3.05, 3.63) is 69.3 Å². The number of aryl methyl sites for hydroxylation is 1. The van der Waals surface area contributed by atoms with Crippen molar-refractivity contribution >= 4 is 33.5 Å². The molecule has 0 bridgehead atoms. The van der Waals surface area contributed by atoms with E-state index in [9.17, 15) is 9.65 Å². The van der Waals surface area contributed by atoms with Gasteiger partial charge in [-0.05, 0) is 58.5 Å². The molecule has 0 spiro atoms. The quantitative estimate of drug-likeness (QED) is 0.306. The fraction of sp³-hybridized carbons (Fsp3) is 0.0476. The Kier molecular flexibility index (Phi) is 4.54. The lowest BCUT2D eigenvalue weighted by molar-refractivity contribution is 0.624. The van der Waals surface area contributed by atoms with E-state index < -0.39 is 5.82 Å². The third kappa shape index (κ3) is 3.00.